The summed E-state index contributed by atoms with van der Waals surface area (Å²) in [5.74, 6) is -0.593. The molecule has 0 spiro atoms. The lowest BCUT2D eigenvalue weighted by Gasteiger charge is -2.28. The third-order valence-corrected chi connectivity index (χ3v) is 4.09. The van der Waals surface area contributed by atoms with Crippen LogP contribution in [0.1, 0.15) is 27.7 Å². The maximum absolute atomic E-state index is 12.0. The highest BCUT2D eigenvalue weighted by atomic mass is 32.2. The molecule has 0 aromatic rings. The summed E-state index contributed by atoms with van der Waals surface area (Å²) >= 11 is 0. The summed E-state index contributed by atoms with van der Waals surface area (Å²) in [6, 6.07) is -0.924. The zero-order chi connectivity index (χ0) is 14.7. The first-order valence-electron chi connectivity index (χ1n) is 6.20. The van der Waals surface area contributed by atoms with Gasteiger partial charge in [-0.15, -0.1) is 0 Å². The summed E-state index contributed by atoms with van der Waals surface area (Å²) in [5.41, 5.74) is -0.643. The second-order valence-electron chi connectivity index (χ2n) is 5.39. The van der Waals surface area contributed by atoms with Crippen molar-refractivity contribution >= 4 is 16.2 Å². The molecule has 1 saturated heterocycles. The Balaban J connectivity index is 2.59. The number of nitrogens with zero attached hydrogens (tertiary/aromatic N) is 1. The van der Waals surface area contributed by atoms with Gasteiger partial charge in [0.25, 0.3) is 10.2 Å². The van der Waals surface area contributed by atoms with E-state index in [-0.39, 0.29) is 13.1 Å². The molecule has 1 aliphatic heterocycles. The number of esters is 1. The smallest absolute Gasteiger partial charge is 0.324 e. The maximum Gasteiger partial charge on any atom is 0.324 e. The van der Waals surface area contributed by atoms with Gasteiger partial charge in [-0.25, -0.2) is 0 Å². The van der Waals surface area contributed by atoms with Gasteiger partial charge >= 0.3 is 5.97 Å². The van der Waals surface area contributed by atoms with Crippen molar-refractivity contribution in [2.24, 2.45) is 0 Å². The second kappa shape index (κ2) is 6.17. The highest BCUT2D eigenvalue weighted by molar-refractivity contribution is 7.87. The molecule has 0 bridgehead atoms. The number of rotatable bonds is 4. The van der Waals surface area contributed by atoms with Crippen LogP contribution in [-0.2, 0) is 24.5 Å². The second-order valence-corrected chi connectivity index (χ2v) is 7.09. The van der Waals surface area contributed by atoms with Crippen molar-refractivity contribution in [3.8, 4) is 0 Å². The predicted octanol–water partition coefficient (Wildman–Crippen LogP) is -0.117. The van der Waals surface area contributed by atoms with E-state index in [1.165, 1.54) is 11.2 Å². The number of carbonyl (C=O) groups is 1. The summed E-state index contributed by atoms with van der Waals surface area (Å²) < 4.78 is 37.8. The molecule has 0 saturated carbocycles. The Morgan fingerprint density at radius 3 is 2.32 bits per heavy atom. The van der Waals surface area contributed by atoms with Gasteiger partial charge in [-0.2, -0.15) is 17.4 Å². The van der Waals surface area contributed by atoms with Crippen LogP contribution in [0.2, 0.25) is 0 Å². The minimum absolute atomic E-state index is 0.288. The van der Waals surface area contributed by atoms with Crippen LogP contribution in [0.4, 0.5) is 0 Å². The predicted molar refractivity (Wildman–Crippen MR) is 69.8 cm³/mol. The molecule has 0 aromatic heterocycles. The van der Waals surface area contributed by atoms with E-state index in [9.17, 15) is 13.2 Å². The zero-order valence-electron chi connectivity index (χ0n) is 11.8. The molecule has 0 unspecified atom stereocenters. The first-order valence-corrected chi connectivity index (χ1v) is 7.64. The van der Waals surface area contributed by atoms with Crippen LogP contribution in [0.5, 0.6) is 0 Å². The Kier molecular flexibility index (Phi) is 5.31. The van der Waals surface area contributed by atoms with E-state index >= 15 is 0 Å². The lowest BCUT2D eigenvalue weighted by atomic mass is 10.2. The van der Waals surface area contributed by atoms with Gasteiger partial charge in [0.1, 0.15) is 11.6 Å². The number of nitrogens with one attached hydrogen (secondary N) is 1. The highest BCUT2D eigenvalue weighted by Crippen LogP contribution is 2.10. The van der Waals surface area contributed by atoms with E-state index in [4.69, 9.17) is 9.47 Å². The molecular weight excluding hydrogens is 272 g/mol. The van der Waals surface area contributed by atoms with Crippen molar-refractivity contribution in [2.45, 2.75) is 39.3 Å². The number of ether oxygens (including phenoxy) is 2. The van der Waals surface area contributed by atoms with Crippen LogP contribution in [0.25, 0.3) is 0 Å². The van der Waals surface area contributed by atoms with Gasteiger partial charge in [-0.05, 0) is 27.7 Å². The standard InChI is InChI=1S/C11H22N2O5S/c1-9(10(14)18-11(2,3)4)12-19(15,16)13-5-7-17-8-6-13/h9,12H,5-8H2,1-4H3/t9-/m0/s1. The van der Waals surface area contributed by atoms with E-state index in [0.717, 1.165) is 0 Å². The van der Waals surface area contributed by atoms with Gasteiger partial charge in [0.2, 0.25) is 0 Å². The van der Waals surface area contributed by atoms with Crippen molar-refractivity contribution in [1.82, 2.24) is 9.03 Å². The van der Waals surface area contributed by atoms with Crippen LogP contribution in [0.3, 0.4) is 0 Å². The van der Waals surface area contributed by atoms with Gasteiger partial charge in [0.05, 0.1) is 13.2 Å². The molecule has 1 rings (SSSR count). The molecule has 0 radical (unpaired) electrons. The highest BCUT2D eigenvalue weighted by Gasteiger charge is 2.30. The first-order chi connectivity index (χ1) is 8.62. The molecule has 0 amide bonds. The molecular formula is C11H22N2O5S. The van der Waals surface area contributed by atoms with Gasteiger partial charge in [-0.3, -0.25) is 4.79 Å². The minimum Gasteiger partial charge on any atom is -0.459 e. The number of carbonyl (C=O) groups excluding carboxylic acids is 1. The summed E-state index contributed by atoms with van der Waals surface area (Å²) in [4.78, 5) is 11.7. The Hall–Kier alpha value is -0.700. The molecule has 112 valence electrons. The molecule has 8 heteroatoms. The van der Waals surface area contributed by atoms with Crippen molar-refractivity contribution < 1.29 is 22.7 Å². The molecule has 1 N–H and O–H groups in total. The first kappa shape index (κ1) is 16.4. The fraction of sp³-hybridized carbons (Fsp3) is 0.909. The molecule has 1 fully saturated rings. The normalized spacial score (nSPS) is 20.0. The van der Waals surface area contributed by atoms with Crippen molar-refractivity contribution in [2.75, 3.05) is 26.3 Å². The van der Waals surface area contributed by atoms with E-state index in [2.05, 4.69) is 4.72 Å². The van der Waals surface area contributed by atoms with E-state index < -0.39 is 27.8 Å². The molecule has 1 heterocycles. The van der Waals surface area contributed by atoms with Crippen LogP contribution >= 0.6 is 0 Å². The molecule has 1 atom stereocenters. The summed E-state index contributed by atoms with van der Waals surface area (Å²) in [6.07, 6.45) is 0. The summed E-state index contributed by atoms with van der Waals surface area (Å²) in [7, 11) is -3.68. The lowest BCUT2D eigenvalue weighted by molar-refractivity contribution is -0.156. The molecule has 19 heavy (non-hydrogen) atoms. The number of hydrogen-bond donors (Lipinski definition) is 1. The van der Waals surface area contributed by atoms with Crippen molar-refractivity contribution in [1.29, 1.82) is 0 Å². The van der Waals surface area contributed by atoms with E-state index in [0.29, 0.717) is 13.2 Å². The lowest BCUT2D eigenvalue weighted by Crippen LogP contribution is -2.51. The quantitative estimate of drug-likeness (QED) is 0.731. The van der Waals surface area contributed by atoms with Gasteiger partial charge in [0, 0.05) is 13.1 Å². The van der Waals surface area contributed by atoms with E-state index in [1.807, 2.05) is 0 Å². The third kappa shape index (κ3) is 5.43. The molecule has 1 aliphatic rings. The van der Waals surface area contributed by atoms with Crippen molar-refractivity contribution in [3.63, 3.8) is 0 Å². The Morgan fingerprint density at radius 2 is 1.84 bits per heavy atom. The summed E-state index contributed by atoms with van der Waals surface area (Å²) in [5, 5.41) is 0. The fourth-order valence-electron chi connectivity index (χ4n) is 1.52. The number of hydrogen-bond acceptors (Lipinski definition) is 5. The largest absolute Gasteiger partial charge is 0.459 e. The van der Waals surface area contributed by atoms with Crippen LogP contribution in [-0.4, -0.2) is 56.6 Å². The maximum atomic E-state index is 12.0. The Labute approximate surface area is 114 Å². The molecule has 7 nitrogen and oxygen atoms in total. The third-order valence-electron chi connectivity index (χ3n) is 2.40. The Bertz CT molecular complexity index is 409. The molecule has 0 aromatic carbocycles. The SMILES string of the molecule is C[C@H](NS(=O)(=O)N1CCOCC1)C(=O)OC(C)(C)C. The average molecular weight is 294 g/mol. The summed E-state index contributed by atoms with van der Waals surface area (Å²) in [6.45, 7) is 7.96. The van der Waals surface area contributed by atoms with Gasteiger partial charge in [0.15, 0.2) is 0 Å². The monoisotopic (exact) mass is 294 g/mol. The van der Waals surface area contributed by atoms with Gasteiger partial charge < -0.3 is 9.47 Å². The topological polar surface area (TPSA) is 84.9 Å². The molecule has 0 aliphatic carbocycles. The fourth-order valence-corrected chi connectivity index (χ4v) is 2.85. The van der Waals surface area contributed by atoms with Gasteiger partial charge in [-0.1, -0.05) is 0 Å². The average Bonchev–Trinajstić information content (AvgIpc) is 2.27. The van der Waals surface area contributed by atoms with Crippen LogP contribution in [0, 0.1) is 0 Å². The van der Waals surface area contributed by atoms with Crippen LogP contribution < -0.4 is 4.72 Å². The van der Waals surface area contributed by atoms with Crippen LogP contribution in [0.15, 0.2) is 0 Å². The Morgan fingerprint density at radius 1 is 1.32 bits per heavy atom. The number of morpholine rings is 1. The minimum atomic E-state index is -3.68. The zero-order valence-corrected chi connectivity index (χ0v) is 12.6. The van der Waals surface area contributed by atoms with Crippen molar-refractivity contribution in [3.05, 3.63) is 0 Å². The van der Waals surface area contributed by atoms with E-state index in [1.54, 1.807) is 20.8 Å².